The van der Waals surface area contributed by atoms with Crippen molar-refractivity contribution < 1.29 is 98.6 Å². The monoisotopic (exact) mass is 614 g/mol. The zero-order chi connectivity index (χ0) is 21.4. The van der Waals surface area contributed by atoms with Gasteiger partial charge < -0.3 is 98.6 Å². The average Bonchev–Trinajstić information content (AvgIpc) is 2.56. The largest absolute Gasteiger partial charge is 3.00 e. The van der Waals surface area contributed by atoms with Gasteiger partial charge in [-0.2, -0.15) is 0 Å². The summed E-state index contributed by atoms with van der Waals surface area (Å²) >= 11 is 0. The average molecular weight is 614 g/mol. The molecule has 0 aromatic rings. The van der Waals surface area contributed by atoms with Gasteiger partial charge in [-0.3, -0.25) is 0 Å². The molecule has 0 rings (SSSR count). The van der Waals surface area contributed by atoms with E-state index in [1.807, 2.05) is 0 Å². The molecule has 20 nitrogen and oxygen atoms in total. The summed E-state index contributed by atoms with van der Waals surface area (Å²) in [7, 11) is -14.5. The van der Waals surface area contributed by atoms with Gasteiger partial charge in [-0.15, -0.1) is 0 Å². The fourth-order valence-corrected chi connectivity index (χ4v) is 0. The predicted octanol–water partition coefficient (Wildman–Crippen LogP) is -12.2. The summed E-state index contributed by atoms with van der Waals surface area (Å²) in [6, 6.07) is 0. The van der Waals surface area contributed by atoms with Gasteiger partial charge in [0, 0.05) is 0 Å². The molecule has 5 atom stereocenters. The number of rotatable bonds is 5. The molecule has 5 unspecified atom stereocenters. The van der Waals surface area contributed by atoms with Crippen molar-refractivity contribution in [3.05, 3.63) is 0 Å². The van der Waals surface area contributed by atoms with Gasteiger partial charge >= 0.3 is 110 Å². The Morgan fingerprint density at radius 2 is 0.414 bits per heavy atom. The van der Waals surface area contributed by atoms with Gasteiger partial charge in [-0.1, -0.05) is 0 Å². The van der Waals surface area contributed by atoms with Crippen LogP contribution in [0.3, 0.4) is 0 Å². The molecule has 0 aliphatic carbocycles. The maximum atomic E-state index is 8.98. The molecule has 0 saturated heterocycles. The van der Waals surface area contributed by atoms with E-state index in [4.69, 9.17) is 75.2 Å². The summed E-state index contributed by atoms with van der Waals surface area (Å²) in [5, 5.41) is 43.0. The van der Waals surface area contributed by atoms with E-state index in [2.05, 4.69) is 23.4 Å². The van der Waals surface area contributed by atoms with E-state index in [0.29, 0.717) is 0 Å². The van der Waals surface area contributed by atoms with E-state index in [-0.39, 0.29) is 110 Å². The van der Waals surface area contributed by atoms with Crippen molar-refractivity contribution in [1.29, 1.82) is 0 Å². The van der Waals surface area contributed by atoms with Gasteiger partial charge in [0.2, 0.25) is 0 Å². The van der Waals surface area contributed by atoms with Crippen molar-refractivity contribution >= 4 is 153 Å². The van der Waals surface area contributed by atoms with Crippen LogP contribution in [0.2, 0.25) is 0 Å². The minimum atomic E-state index is -2.90. The Morgan fingerprint density at radius 1 is 0.379 bits per heavy atom. The third kappa shape index (κ3) is 141. The van der Waals surface area contributed by atoms with Crippen molar-refractivity contribution in [2.45, 2.75) is 0 Å². The van der Waals surface area contributed by atoms with Crippen LogP contribution >= 0.6 is 43.0 Å². The molecule has 29 heavy (non-hydrogen) atoms. The van der Waals surface area contributed by atoms with Crippen LogP contribution in [0.15, 0.2) is 0 Å². The van der Waals surface area contributed by atoms with Gasteiger partial charge in [0.1, 0.15) is 0 Å². The molecule has 0 fully saturated rings. The summed E-state index contributed by atoms with van der Waals surface area (Å²) in [6.45, 7) is 0. The second-order valence-corrected chi connectivity index (χ2v) is 4.69. The van der Waals surface area contributed by atoms with Crippen LogP contribution in [0.25, 0.3) is 0 Å². The normalized spacial score (nSPS) is 12.9. The minimum Gasteiger partial charge on any atom is -0.787 e. The van der Waals surface area contributed by atoms with E-state index < -0.39 is 43.0 Å². The van der Waals surface area contributed by atoms with Crippen LogP contribution < -0.4 is 50.8 Å². The van der Waals surface area contributed by atoms with Crippen LogP contribution in [-0.4, -0.2) is 135 Å². The Balaban J connectivity index is -0.0000000238. The summed E-state index contributed by atoms with van der Waals surface area (Å²) < 4.78 is 12.8. The van der Waals surface area contributed by atoms with E-state index in [1.165, 1.54) is 0 Å². The Kier molecular flexibility index (Phi) is 110. The molecule has 160 valence electrons. The van der Waals surface area contributed by atoms with Gasteiger partial charge in [-0.05, 0) is 0 Å². The fraction of sp³-hybridized carbons (Fsp3) is 0. The third-order valence-corrected chi connectivity index (χ3v) is 0.956. The van der Waals surface area contributed by atoms with Crippen LogP contribution in [-0.2, 0) is 23.4 Å². The maximum Gasteiger partial charge on any atom is 3.00 e. The molecule has 0 amide bonds. The topological polar surface area (TPSA) is 378 Å². The summed E-state index contributed by atoms with van der Waals surface area (Å²) in [5.41, 5.74) is 0. The molecular formula is H5Al2Ca2O20P5. The van der Waals surface area contributed by atoms with E-state index in [9.17, 15) is 0 Å². The van der Waals surface area contributed by atoms with Crippen molar-refractivity contribution in [1.82, 2.24) is 0 Å². The first-order valence-corrected chi connectivity index (χ1v) is 9.31. The molecule has 0 bridgehead atoms. The Labute approximate surface area is 248 Å². The first-order chi connectivity index (χ1) is 11.4. The summed E-state index contributed by atoms with van der Waals surface area (Å²) in [6.07, 6.45) is 0. The summed E-state index contributed by atoms with van der Waals surface area (Å²) in [5.74, 6) is 0. The molecule has 29 heteroatoms. The van der Waals surface area contributed by atoms with Gasteiger partial charge in [0.05, 0.1) is 43.0 Å². The van der Waals surface area contributed by atoms with Gasteiger partial charge in [0.15, 0.2) is 0 Å². The molecule has 0 aromatic carbocycles. The second kappa shape index (κ2) is 54.0. The molecule has 0 aliphatic rings. The zero-order valence-corrected chi connectivity index (χ0v) is 24.4. The number of hydrogen-bond donors (Lipinski definition) is 5. The Morgan fingerprint density at radius 3 is 0.414 bits per heavy atom. The van der Waals surface area contributed by atoms with Crippen molar-refractivity contribution in [3.8, 4) is 0 Å². The molecule has 0 radical (unpaired) electrons. The molecule has 5 N–H and O–H groups in total. The smallest absolute Gasteiger partial charge is 0.787 e. The zero-order valence-electron chi connectivity index (χ0n) is 13.2. The fourth-order valence-electron chi connectivity index (χ4n) is 0. The van der Waals surface area contributed by atoms with Crippen LogP contribution in [0, 0.1) is 0 Å². The van der Waals surface area contributed by atoms with E-state index in [1.54, 1.807) is 0 Å². The maximum absolute atomic E-state index is 8.98. The van der Waals surface area contributed by atoms with Crippen molar-refractivity contribution in [2.24, 2.45) is 0 Å². The number of hydrogen-bond acceptors (Lipinski definition) is 20. The molecular weight excluding hydrogens is 609 g/mol. The Bertz CT molecular complexity index is 155. The van der Waals surface area contributed by atoms with Crippen LogP contribution in [0.1, 0.15) is 0 Å². The standard InChI is InChI=1S/2Al.2Ca.5H2O4P/c;;;;5*1-4-5(2)3/h;;;;5*1-2H/q2*+3;2*+2;5*-1/p-5. The predicted molar refractivity (Wildman–Crippen MR) is 74.1 cm³/mol. The minimum absolute atomic E-state index is 0. The first-order valence-electron chi connectivity index (χ1n) is 3.66. The van der Waals surface area contributed by atoms with E-state index >= 15 is 0 Å². The van der Waals surface area contributed by atoms with Crippen molar-refractivity contribution in [3.63, 3.8) is 0 Å². The van der Waals surface area contributed by atoms with Crippen LogP contribution in [0.4, 0.5) is 0 Å². The molecule has 0 aromatic heterocycles. The van der Waals surface area contributed by atoms with E-state index in [0.717, 1.165) is 0 Å². The third-order valence-electron chi connectivity index (χ3n) is 0.319. The van der Waals surface area contributed by atoms with Crippen molar-refractivity contribution in [2.75, 3.05) is 0 Å². The second-order valence-electron chi connectivity index (χ2n) is 1.56. The quantitative estimate of drug-likeness (QED) is 0.0830. The molecule has 0 spiro atoms. The first kappa shape index (κ1) is 59.2. The molecule has 0 heterocycles. The van der Waals surface area contributed by atoms with Crippen LogP contribution in [0.5, 0.6) is 0 Å². The van der Waals surface area contributed by atoms with Gasteiger partial charge in [-0.25, -0.2) is 0 Å². The molecule has 0 aliphatic heterocycles. The summed E-state index contributed by atoms with van der Waals surface area (Å²) in [4.78, 5) is 81.6. The van der Waals surface area contributed by atoms with Gasteiger partial charge in [0.25, 0.3) is 0 Å². The SMILES string of the molecule is [Al+3].[Al+3].[Ca+2].[Ca+2].[O-]OP([O-])O.[O-]OP([O-])O.[O-]OP([O-])O.[O-]OP([O-])O.[O-]OP([O-])O. The molecule has 0 saturated carbocycles. The Hall–Kier alpha value is 4.93.